The van der Waals surface area contributed by atoms with Crippen molar-refractivity contribution in [3.05, 3.63) is 34.9 Å². The molecular formula is C13H10F10O. The number of hydrogen-bond donors (Lipinski definition) is 1. The maximum Gasteiger partial charge on any atom is 0.458 e. The van der Waals surface area contributed by atoms with Crippen LogP contribution in [0.25, 0.3) is 0 Å². The largest absolute Gasteiger partial charge is 0.458 e. The lowest BCUT2D eigenvalue weighted by molar-refractivity contribution is -0.293. The van der Waals surface area contributed by atoms with Gasteiger partial charge in [0.05, 0.1) is 5.60 Å². The number of aliphatic hydroxyl groups is 1. The van der Waals surface area contributed by atoms with Gasteiger partial charge >= 0.3 is 24.2 Å². The first-order chi connectivity index (χ1) is 10.3. The van der Waals surface area contributed by atoms with E-state index in [1.807, 2.05) is 0 Å². The Labute approximate surface area is 128 Å². The molecule has 0 aromatic heterocycles. The number of halogens is 10. The highest BCUT2D eigenvalue weighted by molar-refractivity contribution is 5.45. The first-order valence-corrected chi connectivity index (χ1v) is 6.11. The van der Waals surface area contributed by atoms with Crippen LogP contribution in [0.1, 0.15) is 30.5 Å². The lowest BCUT2D eigenvalue weighted by Crippen LogP contribution is -2.40. The fourth-order valence-electron chi connectivity index (χ4n) is 2.04. The molecule has 0 radical (unpaired) electrons. The van der Waals surface area contributed by atoms with Gasteiger partial charge < -0.3 is 5.11 Å². The highest BCUT2D eigenvalue weighted by Crippen LogP contribution is 2.52. The van der Waals surface area contributed by atoms with Crippen molar-refractivity contribution >= 4 is 0 Å². The quantitative estimate of drug-likeness (QED) is 0.722. The average Bonchev–Trinajstić information content (AvgIpc) is 2.34. The molecule has 0 aliphatic rings. The van der Waals surface area contributed by atoms with Crippen molar-refractivity contribution < 1.29 is 49.0 Å². The van der Waals surface area contributed by atoms with Crippen molar-refractivity contribution in [1.82, 2.24) is 0 Å². The molecule has 0 saturated carbocycles. The molecule has 1 N–H and O–H groups in total. The SMILES string of the molecule is CC(C)(O)c1c(C(F)(F)C(F)(F)F)cccc1C(F)(F)C(F)(F)F. The van der Waals surface area contributed by atoms with Crippen LogP contribution in [0.5, 0.6) is 0 Å². The number of benzene rings is 1. The maximum atomic E-state index is 13.6. The van der Waals surface area contributed by atoms with Gasteiger partial charge in [-0.05, 0) is 13.8 Å². The first kappa shape index (κ1) is 20.5. The van der Waals surface area contributed by atoms with Crippen molar-refractivity contribution in [2.45, 2.75) is 43.6 Å². The summed E-state index contributed by atoms with van der Waals surface area (Å²) in [5.74, 6) is -11.5. The van der Waals surface area contributed by atoms with Crippen LogP contribution < -0.4 is 0 Å². The first-order valence-electron chi connectivity index (χ1n) is 6.11. The van der Waals surface area contributed by atoms with Gasteiger partial charge in [-0.1, -0.05) is 18.2 Å². The standard InChI is InChI=1S/C13H10F10O/c1-9(2,24)8-6(10(14,15)12(18,19)20)4-3-5-7(8)11(16,17)13(21,22)23/h3-5,24H,1-2H3. The zero-order valence-corrected chi connectivity index (χ0v) is 12.0. The van der Waals surface area contributed by atoms with Gasteiger partial charge in [0.1, 0.15) is 0 Å². The third-order valence-electron chi connectivity index (χ3n) is 3.06. The van der Waals surface area contributed by atoms with Gasteiger partial charge in [-0.15, -0.1) is 0 Å². The molecule has 1 aromatic carbocycles. The molecule has 0 heterocycles. The molecule has 1 rings (SSSR count). The minimum atomic E-state index is -6.26. The minimum Gasteiger partial charge on any atom is -0.386 e. The van der Waals surface area contributed by atoms with Crippen LogP contribution in [-0.4, -0.2) is 17.5 Å². The highest BCUT2D eigenvalue weighted by Gasteiger charge is 2.64. The van der Waals surface area contributed by atoms with Gasteiger partial charge in [0, 0.05) is 16.7 Å². The number of alkyl halides is 10. The molecule has 1 aromatic rings. The second-order valence-electron chi connectivity index (χ2n) is 5.43. The minimum absolute atomic E-state index is 0.0384. The van der Waals surface area contributed by atoms with E-state index in [0.29, 0.717) is 13.8 Å². The van der Waals surface area contributed by atoms with Gasteiger partial charge in [0.2, 0.25) is 0 Å². The molecule has 0 aliphatic heterocycles. The summed E-state index contributed by atoms with van der Waals surface area (Å²) >= 11 is 0. The van der Waals surface area contributed by atoms with Crippen molar-refractivity contribution in [2.24, 2.45) is 0 Å². The molecule has 11 heteroatoms. The highest BCUT2D eigenvalue weighted by atomic mass is 19.4. The molecule has 1 nitrogen and oxygen atoms in total. The predicted octanol–water partition coefficient (Wildman–Crippen LogP) is 5.22. The molecule has 0 aliphatic carbocycles. The Morgan fingerprint density at radius 3 is 1.17 bits per heavy atom. The predicted molar refractivity (Wildman–Crippen MR) is 61.6 cm³/mol. The Morgan fingerprint density at radius 2 is 0.958 bits per heavy atom. The summed E-state index contributed by atoms with van der Waals surface area (Å²) in [4.78, 5) is 0. The van der Waals surface area contributed by atoms with Gasteiger partial charge in [-0.25, -0.2) is 0 Å². The fraction of sp³-hybridized carbons (Fsp3) is 0.538. The molecule has 0 saturated heterocycles. The van der Waals surface area contributed by atoms with Crippen molar-refractivity contribution in [1.29, 1.82) is 0 Å². The smallest absolute Gasteiger partial charge is 0.386 e. The molecule has 0 unspecified atom stereocenters. The fourth-order valence-corrected chi connectivity index (χ4v) is 2.04. The normalized spacial score (nSPS) is 14.9. The van der Waals surface area contributed by atoms with Gasteiger partial charge in [-0.3, -0.25) is 0 Å². The molecule has 24 heavy (non-hydrogen) atoms. The Morgan fingerprint density at radius 1 is 0.667 bits per heavy atom. The summed E-state index contributed by atoms with van der Waals surface area (Å²) in [5.41, 5.74) is -9.03. The molecule has 0 atom stereocenters. The molecule has 0 bridgehead atoms. The van der Waals surface area contributed by atoms with E-state index in [0.717, 1.165) is 0 Å². The molecular weight excluding hydrogens is 362 g/mol. The van der Waals surface area contributed by atoms with Crippen LogP contribution in [-0.2, 0) is 17.4 Å². The topological polar surface area (TPSA) is 20.2 Å². The Hall–Kier alpha value is -1.52. The summed E-state index contributed by atoms with van der Waals surface area (Å²) in [5, 5.41) is 9.71. The van der Waals surface area contributed by atoms with Crippen LogP contribution in [0.2, 0.25) is 0 Å². The molecule has 0 amide bonds. The zero-order valence-electron chi connectivity index (χ0n) is 12.0. The van der Waals surface area contributed by atoms with E-state index in [-0.39, 0.29) is 18.2 Å². The van der Waals surface area contributed by atoms with Crippen LogP contribution in [0.4, 0.5) is 43.9 Å². The summed E-state index contributed by atoms with van der Waals surface area (Å²) in [6, 6.07) is 0.284. The van der Waals surface area contributed by atoms with Crippen LogP contribution >= 0.6 is 0 Å². The lowest BCUT2D eigenvalue weighted by Gasteiger charge is -2.32. The van der Waals surface area contributed by atoms with E-state index < -0.39 is 46.5 Å². The van der Waals surface area contributed by atoms with Gasteiger partial charge in [0.25, 0.3) is 0 Å². The third-order valence-corrected chi connectivity index (χ3v) is 3.06. The Kier molecular flexibility index (Phi) is 4.70. The van der Waals surface area contributed by atoms with E-state index in [2.05, 4.69) is 0 Å². The van der Waals surface area contributed by atoms with E-state index in [9.17, 15) is 49.0 Å². The summed E-state index contributed by atoms with van der Waals surface area (Å²) < 4.78 is 129. The summed E-state index contributed by atoms with van der Waals surface area (Å²) in [6.45, 7) is 1.04. The third kappa shape index (κ3) is 3.31. The Balaban J connectivity index is 3.90. The van der Waals surface area contributed by atoms with Crippen LogP contribution in [0.3, 0.4) is 0 Å². The van der Waals surface area contributed by atoms with Crippen LogP contribution in [0.15, 0.2) is 18.2 Å². The monoisotopic (exact) mass is 372 g/mol. The number of hydrogen-bond acceptors (Lipinski definition) is 1. The van der Waals surface area contributed by atoms with Crippen molar-refractivity contribution in [3.8, 4) is 0 Å². The van der Waals surface area contributed by atoms with E-state index >= 15 is 0 Å². The molecule has 0 spiro atoms. The Bertz CT molecular complexity index is 562. The maximum absolute atomic E-state index is 13.6. The van der Waals surface area contributed by atoms with Crippen LogP contribution in [0, 0.1) is 0 Å². The van der Waals surface area contributed by atoms with E-state index in [1.54, 1.807) is 0 Å². The summed E-state index contributed by atoms with van der Waals surface area (Å²) in [7, 11) is 0. The van der Waals surface area contributed by atoms with Gasteiger partial charge in [-0.2, -0.15) is 43.9 Å². The lowest BCUT2D eigenvalue weighted by atomic mass is 9.83. The number of rotatable bonds is 3. The molecule has 138 valence electrons. The van der Waals surface area contributed by atoms with Gasteiger partial charge in [0.15, 0.2) is 0 Å². The summed E-state index contributed by atoms with van der Waals surface area (Å²) in [6.07, 6.45) is -12.5. The second-order valence-corrected chi connectivity index (χ2v) is 5.43. The van der Waals surface area contributed by atoms with E-state index in [1.165, 1.54) is 0 Å². The van der Waals surface area contributed by atoms with Crippen molar-refractivity contribution in [3.63, 3.8) is 0 Å². The van der Waals surface area contributed by atoms with Crippen molar-refractivity contribution in [2.75, 3.05) is 0 Å². The van der Waals surface area contributed by atoms with E-state index in [4.69, 9.17) is 0 Å². The average molecular weight is 372 g/mol. The second kappa shape index (κ2) is 5.50. The molecule has 0 fully saturated rings. The zero-order chi connectivity index (χ0) is 19.4.